The Morgan fingerprint density at radius 3 is 2.50 bits per heavy atom. The summed E-state index contributed by atoms with van der Waals surface area (Å²) in [6.07, 6.45) is 3.17. The van der Waals surface area contributed by atoms with Gasteiger partial charge in [0.1, 0.15) is 11.4 Å². The molecule has 3 amide bonds. The number of anilines is 1. The van der Waals surface area contributed by atoms with E-state index in [0.717, 1.165) is 25.7 Å². The number of alkyl carbamates (subject to hydrolysis) is 1. The molecule has 1 aromatic rings. The Labute approximate surface area is 154 Å². The van der Waals surface area contributed by atoms with Gasteiger partial charge in [0.25, 0.3) is 0 Å². The Kier molecular flexibility index (Phi) is 6.34. The molecule has 3 N–H and O–H groups in total. The fourth-order valence-electron chi connectivity index (χ4n) is 3.06. The predicted octanol–water partition coefficient (Wildman–Crippen LogP) is 3.65. The van der Waals surface area contributed by atoms with E-state index in [4.69, 9.17) is 9.47 Å². The van der Waals surface area contributed by atoms with Gasteiger partial charge in [-0.25, -0.2) is 9.59 Å². The number of methoxy groups -OCH3 is 1. The van der Waals surface area contributed by atoms with E-state index in [1.54, 1.807) is 19.2 Å². The number of hydrogen-bond acceptors (Lipinski definition) is 4. The Morgan fingerprint density at radius 2 is 1.88 bits per heavy atom. The lowest BCUT2D eigenvalue weighted by Gasteiger charge is -2.31. The molecule has 1 aliphatic rings. The third kappa shape index (κ3) is 6.13. The highest BCUT2D eigenvalue weighted by Crippen LogP contribution is 2.29. The van der Waals surface area contributed by atoms with Gasteiger partial charge in [-0.3, -0.25) is 0 Å². The zero-order valence-corrected chi connectivity index (χ0v) is 16.0. The number of amides is 3. The van der Waals surface area contributed by atoms with Gasteiger partial charge in [-0.2, -0.15) is 0 Å². The lowest BCUT2D eigenvalue weighted by atomic mass is 9.98. The molecular formula is C19H29N3O4. The molecule has 0 aromatic heterocycles. The quantitative estimate of drug-likeness (QED) is 0.745. The molecule has 7 heteroatoms. The zero-order chi connectivity index (χ0) is 19.2. The van der Waals surface area contributed by atoms with E-state index in [0.29, 0.717) is 18.0 Å². The summed E-state index contributed by atoms with van der Waals surface area (Å²) < 4.78 is 10.4. The van der Waals surface area contributed by atoms with Crippen LogP contribution in [0.4, 0.5) is 15.3 Å². The van der Waals surface area contributed by atoms with Crippen LogP contribution in [0.5, 0.6) is 5.75 Å². The van der Waals surface area contributed by atoms with Crippen molar-refractivity contribution in [2.75, 3.05) is 19.0 Å². The lowest BCUT2D eigenvalue weighted by Crippen LogP contribution is -2.55. The maximum Gasteiger partial charge on any atom is 0.407 e. The molecule has 0 atom stereocenters. The second-order valence-electron chi connectivity index (χ2n) is 7.65. The van der Waals surface area contributed by atoms with Gasteiger partial charge in [-0.05, 0) is 45.7 Å². The van der Waals surface area contributed by atoms with Crippen LogP contribution in [0.15, 0.2) is 24.3 Å². The molecule has 1 saturated carbocycles. The zero-order valence-electron chi connectivity index (χ0n) is 16.0. The topological polar surface area (TPSA) is 88.7 Å². The fourth-order valence-corrected chi connectivity index (χ4v) is 3.06. The molecule has 144 valence electrons. The van der Waals surface area contributed by atoms with Crippen LogP contribution in [0.1, 0.15) is 46.5 Å². The third-order valence-corrected chi connectivity index (χ3v) is 4.24. The largest absolute Gasteiger partial charge is 0.497 e. The predicted molar refractivity (Wildman–Crippen MR) is 101 cm³/mol. The van der Waals surface area contributed by atoms with Gasteiger partial charge in [0.2, 0.25) is 0 Å². The van der Waals surface area contributed by atoms with E-state index < -0.39 is 17.2 Å². The van der Waals surface area contributed by atoms with Crippen LogP contribution in [-0.4, -0.2) is 36.9 Å². The molecule has 0 heterocycles. The lowest BCUT2D eigenvalue weighted by molar-refractivity contribution is 0.0511. The van der Waals surface area contributed by atoms with Crippen molar-refractivity contribution in [2.24, 2.45) is 0 Å². The first-order chi connectivity index (χ1) is 12.2. The molecule has 2 rings (SSSR count). The average molecular weight is 363 g/mol. The van der Waals surface area contributed by atoms with Gasteiger partial charge in [-0.1, -0.05) is 18.9 Å². The monoisotopic (exact) mass is 363 g/mol. The fraction of sp³-hybridized carbons (Fsp3) is 0.579. The molecule has 0 saturated heterocycles. The normalized spacial score (nSPS) is 15.8. The average Bonchev–Trinajstić information content (AvgIpc) is 3.00. The van der Waals surface area contributed by atoms with Gasteiger partial charge in [0, 0.05) is 18.3 Å². The van der Waals surface area contributed by atoms with E-state index >= 15 is 0 Å². The molecule has 1 fully saturated rings. The minimum Gasteiger partial charge on any atom is -0.497 e. The SMILES string of the molecule is COc1cccc(NC(=O)NC2(CNC(=O)OC(C)(C)C)CCCC2)c1. The number of nitrogens with one attached hydrogen (secondary N) is 3. The minimum atomic E-state index is -0.551. The molecule has 0 unspecified atom stereocenters. The van der Waals surface area contributed by atoms with Crippen molar-refractivity contribution in [2.45, 2.75) is 57.6 Å². The summed E-state index contributed by atoms with van der Waals surface area (Å²) in [6.45, 7) is 5.79. The highest BCUT2D eigenvalue weighted by molar-refractivity contribution is 5.90. The van der Waals surface area contributed by atoms with Crippen molar-refractivity contribution >= 4 is 17.8 Å². The third-order valence-electron chi connectivity index (χ3n) is 4.24. The van der Waals surface area contributed by atoms with Gasteiger partial charge < -0.3 is 25.4 Å². The van der Waals surface area contributed by atoms with E-state index in [9.17, 15) is 9.59 Å². The second kappa shape index (κ2) is 8.29. The van der Waals surface area contributed by atoms with E-state index in [2.05, 4.69) is 16.0 Å². The number of hydrogen-bond donors (Lipinski definition) is 3. The van der Waals surface area contributed by atoms with Gasteiger partial charge in [-0.15, -0.1) is 0 Å². The van der Waals surface area contributed by atoms with E-state index in [1.807, 2.05) is 32.9 Å². The number of rotatable bonds is 5. The van der Waals surface area contributed by atoms with Crippen molar-refractivity contribution in [3.05, 3.63) is 24.3 Å². The van der Waals surface area contributed by atoms with Gasteiger partial charge in [0.15, 0.2) is 0 Å². The minimum absolute atomic E-state index is 0.300. The van der Waals surface area contributed by atoms with Crippen molar-refractivity contribution < 1.29 is 19.1 Å². The Balaban J connectivity index is 1.93. The maximum absolute atomic E-state index is 12.4. The molecular weight excluding hydrogens is 334 g/mol. The molecule has 26 heavy (non-hydrogen) atoms. The summed E-state index contributed by atoms with van der Waals surface area (Å²) in [5, 5.41) is 8.64. The van der Waals surface area contributed by atoms with Crippen LogP contribution >= 0.6 is 0 Å². The first kappa shape index (κ1) is 19.9. The van der Waals surface area contributed by atoms with Gasteiger partial charge >= 0.3 is 12.1 Å². The van der Waals surface area contributed by atoms with Crippen LogP contribution < -0.4 is 20.7 Å². The highest BCUT2D eigenvalue weighted by Gasteiger charge is 2.36. The first-order valence-corrected chi connectivity index (χ1v) is 8.91. The first-order valence-electron chi connectivity index (χ1n) is 8.91. The summed E-state index contributed by atoms with van der Waals surface area (Å²) in [5.41, 5.74) is -0.362. The number of carbonyl (C=O) groups is 2. The van der Waals surface area contributed by atoms with Crippen molar-refractivity contribution in [1.82, 2.24) is 10.6 Å². The molecule has 0 spiro atoms. The molecule has 7 nitrogen and oxygen atoms in total. The van der Waals surface area contributed by atoms with E-state index in [-0.39, 0.29) is 6.03 Å². The maximum atomic E-state index is 12.4. The summed E-state index contributed by atoms with van der Waals surface area (Å²) >= 11 is 0. The van der Waals surface area contributed by atoms with Crippen LogP contribution in [0.3, 0.4) is 0 Å². The molecule has 1 aliphatic carbocycles. The number of benzene rings is 1. The van der Waals surface area contributed by atoms with E-state index in [1.165, 1.54) is 0 Å². The van der Waals surface area contributed by atoms with Crippen LogP contribution in [-0.2, 0) is 4.74 Å². The van der Waals surface area contributed by atoms with Crippen molar-refractivity contribution in [3.8, 4) is 5.75 Å². The molecule has 0 radical (unpaired) electrons. The molecule has 0 bridgehead atoms. The number of urea groups is 1. The Morgan fingerprint density at radius 1 is 1.19 bits per heavy atom. The summed E-state index contributed by atoms with van der Waals surface area (Å²) in [4.78, 5) is 24.4. The summed E-state index contributed by atoms with van der Waals surface area (Å²) in [6, 6.07) is 6.87. The smallest absolute Gasteiger partial charge is 0.407 e. The summed E-state index contributed by atoms with van der Waals surface area (Å²) in [5.74, 6) is 0.671. The Bertz CT molecular complexity index is 634. The van der Waals surface area contributed by atoms with Crippen molar-refractivity contribution in [3.63, 3.8) is 0 Å². The number of ether oxygens (including phenoxy) is 2. The second-order valence-corrected chi connectivity index (χ2v) is 7.65. The standard InChI is InChI=1S/C19H29N3O4/c1-18(2,3)26-17(24)20-13-19(10-5-6-11-19)22-16(23)21-14-8-7-9-15(12-14)25-4/h7-9,12H,5-6,10-11,13H2,1-4H3,(H,20,24)(H2,21,22,23). The number of carbonyl (C=O) groups excluding carboxylic acids is 2. The molecule has 1 aromatic carbocycles. The summed E-state index contributed by atoms with van der Waals surface area (Å²) in [7, 11) is 1.58. The molecule has 0 aliphatic heterocycles. The van der Waals surface area contributed by atoms with Crippen LogP contribution in [0.2, 0.25) is 0 Å². The van der Waals surface area contributed by atoms with Gasteiger partial charge in [0.05, 0.1) is 12.6 Å². The highest BCUT2D eigenvalue weighted by atomic mass is 16.6. The van der Waals surface area contributed by atoms with Crippen molar-refractivity contribution in [1.29, 1.82) is 0 Å². The Hall–Kier alpha value is -2.44. The van der Waals surface area contributed by atoms with Crippen LogP contribution in [0.25, 0.3) is 0 Å². The van der Waals surface area contributed by atoms with Crippen LogP contribution in [0, 0.1) is 0 Å².